The van der Waals surface area contributed by atoms with Gasteiger partial charge in [-0.25, -0.2) is 0 Å². The van der Waals surface area contributed by atoms with E-state index in [1.54, 1.807) is 0 Å². The molecule has 0 aromatic heterocycles. The highest BCUT2D eigenvalue weighted by atomic mass is 16.5. The first-order chi connectivity index (χ1) is 9.94. The summed E-state index contributed by atoms with van der Waals surface area (Å²) in [6.45, 7) is 2.05. The lowest BCUT2D eigenvalue weighted by molar-refractivity contribution is -0.140. The molecule has 120 valence electrons. The van der Waals surface area contributed by atoms with Crippen molar-refractivity contribution in [1.82, 2.24) is 10.6 Å². The standard InChI is InChI=1S/C15H26N2O4/c1-15(20,11-21-2)10-17-14(19)13(18)16-9-8-12-6-4-3-5-7-12/h6,20H,3-5,7-11H2,1-2H3,(H,16,18)(H,17,19). The average molecular weight is 298 g/mol. The molecule has 6 nitrogen and oxygen atoms in total. The van der Waals surface area contributed by atoms with E-state index in [0.29, 0.717) is 6.54 Å². The van der Waals surface area contributed by atoms with Crippen LogP contribution < -0.4 is 10.6 Å². The van der Waals surface area contributed by atoms with Crippen molar-refractivity contribution in [2.24, 2.45) is 0 Å². The Balaban J connectivity index is 2.22. The monoisotopic (exact) mass is 298 g/mol. The summed E-state index contributed by atoms with van der Waals surface area (Å²) in [5, 5.41) is 14.8. The maximum absolute atomic E-state index is 11.6. The number of amides is 2. The van der Waals surface area contributed by atoms with E-state index in [4.69, 9.17) is 4.74 Å². The summed E-state index contributed by atoms with van der Waals surface area (Å²) in [6, 6.07) is 0. The van der Waals surface area contributed by atoms with E-state index < -0.39 is 17.4 Å². The molecule has 0 radical (unpaired) electrons. The predicted molar refractivity (Wildman–Crippen MR) is 79.7 cm³/mol. The fourth-order valence-electron chi connectivity index (χ4n) is 2.26. The van der Waals surface area contributed by atoms with Crippen molar-refractivity contribution in [3.63, 3.8) is 0 Å². The molecule has 0 heterocycles. The first-order valence-electron chi connectivity index (χ1n) is 7.40. The van der Waals surface area contributed by atoms with Crippen LogP contribution in [0.25, 0.3) is 0 Å². The molecule has 1 rings (SSSR count). The third-order valence-corrected chi connectivity index (χ3v) is 3.41. The topological polar surface area (TPSA) is 87.7 Å². The highest BCUT2D eigenvalue weighted by molar-refractivity contribution is 6.35. The summed E-state index contributed by atoms with van der Waals surface area (Å²) in [6.07, 6.45) is 7.65. The summed E-state index contributed by atoms with van der Waals surface area (Å²) < 4.78 is 4.82. The van der Waals surface area contributed by atoms with Crippen LogP contribution >= 0.6 is 0 Å². The number of carbonyl (C=O) groups is 2. The van der Waals surface area contributed by atoms with E-state index in [0.717, 1.165) is 19.3 Å². The van der Waals surface area contributed by atoms with Crippen LogP contribution in [0.15, 0.2) is 11.6 Å². The zero-order valence-corrected chi connectivity index (χ0v) is 12.9. The van der Waals surface area contributed by atoms with Gasteiger partial charge in [0, 0.05) is 20.2 Å². The Bertz CT molecular complexity index is 391. The third-order valence-electron chi connectivity index (χ3n) is 3.41. The molecule has 0 bridgehead atoms. The van der Waals surface area contributed by atoms with Crippen molar-refractivity contribution in [2.75, 3.05) is 26.8 Å². The molecule has 0 spiro atoms. The van der Waals surface area contributed by atoms with Crippen LogP contribution in [0.3, 0.4) is 0 Å². The van der Waals surface area contributed by atoms with Gasteiger partial charge in [-0.2, -0.15) is 0 Å². The van der Waals surface area contributed by atoms with Gasteiger partial charge in [0.05, 0.1) is 6.61 Å². The van der Waals surface area contributed by atoms with E-state index in [2.05, 4.69) is 16.7 Å². The first-order valence-corrected chi connectivity index (χ1v) is 7.40. The molecule has 1 unspecified atom stereocenters. The molecule has 6 heteroatoms. The van der Waals surface area contributed by atoms with Gasteiger partial charge in [-0.15, -0.1) is 0 Å². The lowest BCUT2D eigenvalue weighted by Gasteiger charge is -2.22. The molecule has 21 heavy (non-hydrogen) atoms. The van der Waals surface area contributed by atoms with E-state index in [1.165, 1.54) is 32.4 Å². The van der Waals surface area contributed by atoms with Gasteiger partial charge in [-0.1, -0.05) is 11.6 Å². The van der Waals surface area contributed by atoms with Gasteiger partial charge in [0.25, 0.3) is 0 Å². The lowest BCUT2D eigenvalue weighted by Crippen LogP contribution is -2.48. The lowest BCUT2D eigenvalue weighted by atomic mass is 9.97. The zero-order valence-electron chi connectivity index (χ0n) is 12.9. The Kier molecular flexibility index (Phi) is 7.39. The highest BCUT2D eigenvalue weighted by Gasteiger charge is 2.23. The predicted octanol–water partition coefficient (Wildman–Crippen LogP) is 0.507. The Morgan fingerprint density at radius 3 is 2.67 bits per heavy atom. The minimum atomic E-state index is -1.18. The minimum Gasteiger partial charge on any atom is -0.386 e. The van der Waals surface area contributed by atoms with Gasteiger partial charge in [-0.3, -0.25) is 9.59 Å². The van der Waals surface area contributed by atoms with Gasteiger partial charge >= 0.3 is 11.8 Å². The fourth-order valence-corrected chi connectivity index (χ4v) is 2.26. The molecular weight excluding hydrogens is 272 g/mol. The second-order valence-corrected chi connectivity index (χ2v) is 5.73. The van der Waals surface area contributed by atoms with Crippen molar-refractivity contribution in [3.05, 3.63) is 11.6 Å². The second kappa shape index (κ2) is 8.79. The molecule has 0 saturated heterocycles. The van der Waals surface area contributed by atoms with E-state index in [1.807, 2.05) is 0 Å². The molecule has 2 amide bonds. The molecule has 0 fully saturated rings. The molecule has 1 aliphatic carbocycles. The SMILES string of the molecule is COCC(C)(O)CNC(=O)C(=O)NCCC1=CCCCC1. The summed E-state index contributed by atoms with van der Waals surface area (Å²) in [4.78, 5) is 23.2. The summed E-state index contributed by atoms with van der Waals surface area (Å²) >= 11 is 0. The van der Waals surface area contributed by atoms with E-state index >= 15 is 0 Å². The Morgan fingerprint density at radius 2 is 2.05 bits per heavy atom. The fraction of sp³-hybridized carbons (Fsp3) is 0.733. The van der Waals surface area contributed by atoms with Crippen LogP contribution in [0.4, 0.5) is 0 Å². The van der Waals surface area contributed by atoms with Gasteiger partial charge in [-0.05, 0) is 39.0 Å². The normalized spacial score (nSPS) is 17.6. The van der Waals surface area contributed by atoms with Crippen LogP contribution in [-0.2, 0) is 14.3 Å². The van der Waals surface area contributed by atoms with Gasteiger partial charge < -0.3 is 20.5 Å². The molecule has 0 aromatic carbocycles. The highest BCUT2D eigenvalue weighted by Crippen LogP contribution is 2.19. The number of nitrogens with one attached hydrogen (secondary N) is 2. The smallest absolute Gasteiger partial charge is 0.309 e. The second-order valence-electron chi connectivity index (χ2n) is 5.73. The largest absolute Gasteiger partial charge is 0.386 e. The number of carbonyl (C=O) groups excluding carboxylic acids is 2. The number of methoxy groups -OCH3 is 1. The third kappa shape index (κ3) is 7.24. The van der Waals surface area contributed by atoms with Crippen LogP contribution in [0.1, 0.15) is 39.0 Å². The average Bonchev–Trinajstić information content (AvgIpc) is 2.46. The van der Waals surface area contributed by atoms with Gasteiger partial charge in [0.2, 0.25) is 0 Å². The molecule has 0 aromatic rings. The van der Waals surface area contributed by atoms with E-state index in [-0.39, 0.29) is 13.2 Å². The number of hydrogen-bond donors (Lipinski definition) is 3. The number of hydrogen-bond acceptors (Lipinski definition) is 4. The minimum absolute atomic E-state index is 0.0295. The van der Waals surface area contributed by atoms with Gasteiger partial charge in [0.15, 0.2) is 0 Å². The van der Waals surface area contributed by atoms with Crippen molar-refractivity contribution >= 4 is 11.8 Å². The van der Waals surface area contributed by atoms with Crippen molar-refractivity contribution < 1.29 is 19.4 Å². The quantitative estimate of drug-likeness (QED) is 0.472. The Labute approximate surface area is 125 Å². The summed E-state index contributed by atoms with van der Waals surface area (Å²) in [7, 11) is 1.46. The maximum Gasteiger partial charge on any atom is 0.309 e. The van der Waals surface area contributed by atoms with E-state index in [9.17, 15) is 14.7 Å². The zero-order chi connectivity index (χ0) is 15.7. The molecule has 0 saturated carbocycles. The molecular formula is C15H26N2O4. The molecule has 3 N–H and O–H groups in total. The van der Waals surface area contributed by atoms with Gasteiger partial charge in [0.1, 0.15) is 5.60 Å². The summed E-state index contributed by atoms with van der Waals surface area (Å²) in [5.74, 6) is -1.40. The van der Waals surface area contributed by atoms with Crippen LogP contribution in [-0.4, -0.2) is 49.3 Å². The van der Waals surface area contributed by atoms with Crippen molar-refractivity contribution in [1.29, 1.82) is 0 Å². The molecule has 0 aliphatic heterocycles. The number of aliphatic hydroxyl groups is 1. The Hall–Kier alpha value is -1.40. The molecule has 1 atom stereocenters. The van der Waals surface area contributed by atoms with Crippen LogP contribution in [0.2, 0.25) is 0 Å². The maximum atomic E-state index is 11.6. The number of allylic oxidation sites excluding steroid dienone is 1. The first kappa shape index (κ1) is 17.7. The molecule has 1 aliphatic rings. The Morgan fingerprint density at radius 1 is 1.33 bits per heavy atom. The number of rotatable bonds is 7. The van der Waals surface area contributed by atoms with Crippen molar-refractivity contribution in [3.8, 4) is 0 Å². The summed E-state index contributed by atoms with van der Waals surface area (Å²) in [5.41, 5.74) is 0.169. The van der Waals surface area contributed by atoms with Crippen LogP contribution in [0, 0.1) is 0 Å². The van der Waals surface area contributed by atoms with Crippen LogP contribution in [0.5, 0.6) is 0 Å². The van der Waals surface area contributed by atoms with Crippen molar-refractivity contribution in [2.45, 2.75) is 44.6 Å². The number of ether oxygens (including phenoxy) is 1.